The van der Waals surface area contributed by atoms with Gasteiger partial charge in [-0.25, -0.2) is 0 Å². The van der Waals surface area contributed by atoms with Gasteiger partial charge in [0.25, 0.3) is 0 Å². The van der Waals surface area contributed by atoms with Crippen LogP contribution in [0.3, 0.4) is 0 Å². The van der Waals surface area contributed by atoms with E-state index in [9.17, 15) is 0 Å². The van der Waals surface area contributed by atoms with Gasteiger partial charge in [-0.2, -0.15) is 0 Å². The minimum Gasteiger partial charge on any atom is -0.330 e. The summed E-state index contributed by atoms with van der Waals surface area (Å²) in [4.78, 5) is 0. The molecule has 3 N–H and O–H groups in total. The molecule has 2 nitrogen and oxygen atoms in total. The summed E-state index contributed by atoms with van der Waals surface area (Å²) in [6, 6.07) is 1.42. The van der Waals surface area contributed by atoms with Gasteiger partial charge in [0.2, 0.25) is 0 Å². The third-order valence-electron chi connectivity index (χ3n) is 3.84. The number of rotatable bonds is 5. The number of nitrogens with two attached hydrogens (primary N) is 1. The van der Waals surface area contributed by atoms with Gasteiger partial charge in [0.15, 0.2) is 0 Å². The predicted octanol–water partition coefficient (Wildman–Crippen LogP) is 1.89. The van der Waals surface area contributed by atoms with Gasteiger partial charge in [-0.05, 0) is 44.6 Å². The van der Waals surface area contributed by atoms with E-state index in [1.165, 1.54) is 38.5 Å². The van der Waals surface area contributed by atoms with Crippen molar-refractivity contribution in [3.63, 3.8) is 0 Å². The minimum absolute atomic E-state index is 0.708. The zero-order chi connectivity index (χ0) is 9.97. The van der Waals surface area contributed by atoms with Crippen molar-refractivity contribution in [1.29, 1.82) is 0 Å². The average Bonchev–Trinajstić information content (AvgIpc) is 2.84. The van der Waals surface area contributed by atoms with Crippen LogP contribution in [0.1, 0.15) is 45.4 Å². The Hall–Kier alpha value is -0.0800. The quantitative estimate of drug-likeness (QED) is 0.704. The van der Waals surface area contributed by atoms with Gasteiger partial charge in [0, 0.05) is 12.1 Å². The van der Waals surface area contributed by atoms with E-state index in [1.54, 1.807) is 0 Å². The highest BCUT2D eigenvalue weighted by atomic mass is 15.0. The van der Waals surface area contributed by atoms with Crippen molar-refractivity contribution in [1.82, 2.24) is 5.32 Å². The molecule has 0 aromatic heterocycles. The molecule has 2 rings (SSSR count). The molecule has 14 heavy (non-hydrogen) atoms. The smallest absolute Gasteiger partial charge is 0.0110 e. The Morgan fingerprint density at radius 3 is 2.71 bits per heavy atom. The van der Waals surface area contributed by atoms with Gasteiger partial charge in [0.1, 0.15) is 0 Å². The highest BCUT2D eigenvalue weighted by molar-refractivity contribution is 4.87. The van der Waals surface area contributed by atoms with E-state index >= 15 is 0 Å². The lowest BCUT2D eigenvalue weighted by Crippen LogP contribution is -2.41. The standard InChI is InChI=1S/C12H24N2/c1-9(7-10-5-6-10)14-12-4-2-3-11(12)8-13/h9-12,14H,2-8,13H2,1H3. The zero-order valence-corrected chi connectivity index (χ0v) is 9.34. The largest absolute Gasteiger partial charge is 0.330 e. The lowest BCUT2D eigenvalue weighted by Gasteiger charge is -2.24. The Labute approximate surface area is 87.6 Å². The first-order chi connectivity index (χ1) is 6.79. The fraction of sp³-hybridized carbons (Fsp3) is 1.00. The molecule has 0 amide bonds. The molecule has 3 atom stereocenters. The van der Waals surface area contributed by atoms with Crippen molar-refractivity contribution >= 4 is 0 Å². The summed E-state index contributed by atoms with van der Waals surface area (Å²) in [5.41, 5.74) is 5.77. The van der Waals surface area contributed by atoms with Crippen LogP contribution in [0.5, 0.6) is 0 Å². The molecule has 0 aliphatic heterocycles. The lowest BCUT2D eigenvalue weighted by atomic mass is 10.0. The van der Waals surface area contributed by atoms with Crippen LogP contribution in [-0.4, -0.2) is 18.6 Å². The first kappa shape index (κ1) is 10.4. The summed E-state index contributed by atoms with van der Waals surface area (Å²) in [6.45, 7) is 3.21. The Kier molecular flexibility index (Phi) is 3.45. The summed E-state index contributed by atoms with van der Waals surface area (Å²) >= 11 is 0. The van der Waals surface area contributed by atoms with Crippen molar-refractivity contribution in [2.75, 3.05) is 6.54 Å². The first-order valence-electron chi connectivity index (χ1n) is 6.25. The van der Waals surface area contributed by atoms with Crippen LogP contribution in [0.2, 0.25) is 0 Å². The number of hydrogen-bond donors (Lipinski definition) is 2. The number of hydrogen-bond acceptors (Lipinski definition) is 2. The molecule has 2 fully saturated rings. The topological polar surface area (TPSA) is 38.0 Å². The molecule has 2 aliphatic carbocycles. The van der Waals surface area contributed by atoms with E-state index in [-0.39, 0.29) is 0 Å². The Morgan fingerprint density at radius 2 is 2.07 bits per heavy atom. The zero-order valence-electron chi connectivity index (χ0n) is 9.34. The molecule has 0 aromatic rings. The molecule has 0 aromatic carbocycles. The maximum absolute atomic E-state index is 5.77. The maximum atomic E-state index is 5.77. The maximum Gasteiger partial charge on any atom is 0.0110 e. The van der Waals surface area contributed by atoms with Gasteiger partial charge < -0.3 is 11.1 Å². The molecule has 0 saturated heterocycles. The second-order valence-electron chi connectivity index (χ2n) is 5.28. The van der Waals surface area contributed by atoms with E-state index in [0.29, 0.717) is 12.1 Å². The highest BCUT2D eigenvalue weighted by Crippen LogP contribution is 2.34. The Morgan fingerprint density at radius 1 is 1.29 bits per heavy atom. The molecular formula is C12H24N2. The van der Waals surface area contributed by atoms with Gasteiger partial charge >= 0.3 is 0 Å². The molecule has 0 spiro atoms. The van der Waals surface area contributed by atoms with Crippen molar-refractivity contribution in [2.45, 2.75) is 57.5 Å². The minimum atomic E-state index is 0.708. The van der Waals surface area contributed by atoms with Gasteiger partial charge in [-0.15, -0.1) is 0 Å². The Bertz CT molecular complexity index is 177. The molecular weight excluding hydrogens is 172 g/mol. The molecule has 0 heterocycles. The average molecular weight is 196 g/mol. The fourth-order valence-corrected chi connectivity index (χ4v) is 2.83. The summed E-state index contributed by atoms with van der Waals surface area (Å²) in [7, 11) is 0. The highest BCUT2D eigenvalue weighted by Gasteiger charge is 2.29. The van der Waals surface area contributed by atoms with Crippen molar-refractivity contribution in [3.8, 4) is 0 Å². The molecule has 0 radical (unpaired) electrons. The summed E-state index contributed by atoms with van der Waals surface area (Å²) < 4.78 is 0. The van der Waals surface area contributed by atoms with Gasteiger partial charge in [-0.3, -0.25) is 0 Å². The first-order valence-corrected chi connectivity index (χ1v) is 6.25. The van der Waals surface area contributed by atoms with Crippen LogP contribution in [0.25, 0.3) is 0 Å². The van der Waals surface area contributed by atoms with Gasteiger partial charge in [0.05, 0.1) is 0 Å². The normalized spacial score (nSPS) is 34.7. The number of nitrogens with one attached hydrogen (secondary N) is 1. The Balaban J connectivity index is 1.71. The van der Waals surface area contributed by atoms with Crippen molar-refractivity contribution < 1.29 is 0 Å². The van der Waals surface area contributed by atoms with E-state index in [1.807, 2.05) is 0 Å². The van der Waals surface area contributed by atoms with E-state index in [2.05, 4.69) is 12.2 Å². The van der Waals surface area contributed by atoms with Crippen LogP contribution >= 0.6 is 0 Å². The van der Waals surface area contributed by atoms with E-state index < -0.39 is 0 Å². The van der Waals surface area contributed by atoms with Crippen molar-refractivity contribution in [2.24, 2.45) is 17.6 Å². The van der Waals surface area contributed by atoms with E-state index in [4.69, 9.17) is 5.73 Å². The van der Waals surface area contributed by atoms with Crippen LogP contribution in [-0.2, 0) is 0 Å². The molecule has 3 unspecified atom stereocenters. The lowest BCUT2D eigenvalue weighted by molar-refractivity contribution is 0.353. The molecule has 82 valence electrons. The third kappa shape index (κ3) is 2.71. The molecule has 2 heteroatoms. The van der Waals surface area contributed by atoms with Crippen molar-refractivity contribution in [3.05, 3.63) is 0 Å². The van der Waals surface area contributed by atoms with Gasteiger partial charge in [-0.1, -0.05) is 19.3 Å². The second kappa shape index (κ2) is 4.63. The third-order valence-corrected chi connectivity index (χ3v) is 3.84. The van der Waals surface area contributed by atoms with Crippen LogP contribution in [0.15, 0.2) is 0 Å². The molecule has 2 saturated carbocycles. The summed E-state index contributed by atoms with van der Waals surface area (Å²) in [5, 5.41) is 3.77. The molecule has 2 aliphatic rings. The predicted molar refractivity (Wildman–Crippen MR) is 60.1 cm³/mol. The SMILES string of the molecule is CC(CC1CC1)NC1CCCC1CN. The van der Waals surface area contributed by atoms with E-state index in [0.717, 1.165) is 18.4 Å². The van der Waals surface area contributed by atoms with Crippen LogP contribution in [0, 0.1) is 11.8 Å². The molecule has 0 bridgehead atoms. The van der Waals surface area contributed by atoms with Crippen LogP contribution in [0.4, 0.5) is 0 Å². The monoisotopic (exact) mass is 196 g/mol. The summed E-state index contributed by atoms with van der Waals surface area (Å²) in [6.07, 6.45) is 8.37. The second-order valence-corrected chi connectivity index (χ2v) is 5.28. The summed E-state index contributed by atoms with van der Waals surface area (Å²) in [5.74, 6) is 1.78. The van der Waals surface area contributed by atoms with Crippen LogP contribution < -0.4 is 11.1 Å². The fourth-order valence-electron chi connectivity index (χ4n) is 2.83.